The van der Waals surface area contributed by atoms with Gasteiger partial charge in [0.1, 0.15) is 21.7 Å². The highest BCUT2D eigenvalue weighted by molar-refractivity contribution is 7.86. The van der Waals surface area contributed by atoms with E-state index in [-0.39, 0.29) is 22.0 Å². The molecule has 0 fully saturated rings. The van der Waals surface area contributed by atoms with E-state index in [0.29, 0.717) is 17.1 Å². The summed E-state index contributed by atoms with van der Waals surface area (Å²) >= 11 is 0. The van der Waals surface area contributed by atoms with Gasteiger partial charge in [-0.05, 0) is 62.9 Å². The van der Waals surface area contributed by atoms with Gasteiger partial charge in [-0.15, -0.1) is 0 Å². The van der Waals surface area contributed by atoms with Gasteiger partial charge in [-0.2, -0.15) is 8.42 Å². The molecule has 0 radical (unpaired) electrons. The standard InChI is InChI=1S/C26H31N5O4S/c1-6-14(2)16-10-20-21(11-17(16)27)29-18-8-7-15(9-19(18)30-20)28-23-12-24(32)22(31-26(3,4)5)13-25(23)36(33,34)35/h7-14,28,31-32H,6,27H2,1-5H3,(H,33,34,35)/p+1. The first-order valence-electron chi connectivity index (χ1n) is 11.7. The predicted octanol–water partition coefficient (Wildman–Crippen LogP) is 5.20. The molecule has 0 amide bonds. The van der Waals surface area contributed by atoms with Gasteiger partial charge in [0.25, 0.3) is 10.1 Å². The fourth-order valence-electron chi connectivity index (χ4n) is 4.08. The lowest BCUT2D eigenvalue weighted by molar-refractivity contribution is -0.310. The Morgan fingerprint density at radius 1 is 1.06 bits per heavy atom. The van der Waals surface area contributed by atoms with E-state index >= 15 is 0 Å². The Labute approximate surface area is 210 Å². The number of hydrogen-bond donors (Lipinski definition) is 5. The Morgan fingerprint density at radius 3 is 2.39 bits per heavy atom. The van der Waals surface area contributed by atoms with E-state index in [1.54, 1.807) is 12.1 Å². The van der Waals surface area contributed by atoms with Crippen molar-refractivity contribution < 1.29 is 23.1 Å². The van der Waals surface area contributed by atoms with Crippen LogP contribution in [-0.4, -0.2) is 28.6 Å². The molecule has 1 atom stereocenters. The number of aromatic hydroxyl groups is 1. The van der Waals surface area contributed by atoms with Crippen molar-refractivity contribution in [2.75, 3.05) is 16.4 Å². The first kappa shape index (κ1) is 25.5. The number of nitrogen functional groups attached to an aromatic ring is 1. The molecule has 0 saturated heterocycles. The van der Waals surface area contributed by atoms with Gasteiger partial charge in [-0.1, -0.05) is 13.8 Å². The zero-order chi connectivity index (χ0) is 26.4. The average Bonchev–Trinajstić information content (AvgIpc) is 2.77. The molecule has 0 spiro atoms. The molecule has 0 bridgehead atoms. The number of phenolic OH excluding ortho intramolecular Hbond substituents is 1. The summed E-state index contributed by atoms with van der Waals surface area (Å²) in [5, 5.41) is 16.6. The second-order valence-corrected chi connectivity index (χ2v) is 11.5. The molecule has 0 aliphatic rings. The van der Waals surface area contributed by atoms with Crippen molar-refractivity contribution in [3.8, 4) is 5.75 Å². The van der Waals surface area contributed by atoms with Crippen molar-refractivity contribution in [3.05, 3.63) is 48.0 Å². The smallest absolute Gasteiger partial charge is 0.296 e. The first-order chi connectivity index (χ1) is 16.7. The lowest BCUT2D eigenvalue weighted by Gasteiger charge is -2.24. The fourth-order valence-corrected chi connectivity index (χ4v) is 4.74. The fraction of sp³-hybridized carbons (Fsp3) is 0.308. The Morgan fingerprint density at radius 2 is 1.75 bits per heavy atom. The maximum Gasteiger partial charge on any atom is 0.296 e. The van der Waals surface area contributed by atoms with Gasteiger partial charge in [-0.25, -0.2) is 9.97 Å². The quantitative estimate of drug-likeness (QED) is 0.103. The molecule has 10 heteroatoms. The van der Waals surface area contributed by atoms with Crippen molar-refractivity contribution >= 4 is 54.9 Å². The van der Waals surface area contributed by atoms with Crippen LogP contribution in [0.15, 0.2) is 47.4 Å². The normalized spacial score (nSPS) is 13.2. The van der Waals surface area contributed by atoms with Crippen LogP contribution in [0.5, 0.6) is 5.75 Å². The zero-order valence-corrected chi connectivity index (χ0v) is 21.8. The van der Waals surface area contributed by atoms with Crippen LogP contribution in [-0.2, 0) is 10.1 Å². The Balaban J connectivity index is 1.78. The SMILES string of the molecule is CCC(C)c1cc2nc3cc(Nc4cc(O)c(NC(C)(C)C)cc4S(=O)(=O)O)ccc3[nH+]c2cc1N. The monoisotopic (exact) mass is 510 g/mol. The molecule has 1 heterocycles. The second kappa shape index (κ2) is 9.11. The van der Waals surface area contributed by atoms with E-state index in [1.165, 1.54) is 12.1 Å². The van der Waals surface area contributed by atoms with E-state index in [2.05, 4.69) is 29.5 Å². The number of nitrogens with one attached hydrogen (secondary N) is 3. The number of phenols is 1. The molecule has 3 aromatic carbocycles. The summed E-state index contributed by atoms with van der Waals surface area (Å²) in [5.74, 6) is 0.135. The van der Waals surface area contributed by atoms with Crippen LogP contribution >= 0.6 is 0 Å². The molecule has 4 rings (SSSR count). The van der Waals surface area contributed by atoms with E-state index in [4.69, 9.17) is 10.7 Å². The summed E-state index contributed by atoms with van der Waals surface area (Å²) < 4.78 is 34.2. The average molecular weight is 511 g/mol. The van der Waals surface area contributed by atoms with Crippen molar-refractivity contribution in [2.45, 2.75) is 57.4 Å². The van der Waals surface area contributed by atoms with Crippen LogP contribution in [0, 0.1) is 0 Å². The summed E-state index contributed by atoms with van der Waals surface area (Å²) in [6, 6.07) is 11.7. The maximum atomic E-state index is 12.1. The van der Waals surface area contributed by atoms with E-state index in [9.17, 15) is 18.1 Å². The number of nitrogens with zero attached hydrogens (tertiary/aromatic N) is 1. The number of aromatic nitrogens is 2. The minimum absolute atomic E-state index is 0.0328. The van der Waals surface area contributed by atoms with Crippen molar-refractivity contribution in [1.29, 1.82) is 0 Å². The molecule has 0 saturated carbocycles. The molecule has 9 nitrogen and oxygen atoms in total. The predicted molar refractivity (Wildman–Crippen MR) is 144 cm³/mol. The highest BCUT2D eigenvalue weighted by Crippen LogP contribution is 2.36. The van der Waals surface area contributed by atoms with Crippen LogP contribution in [0.2, 0.25) is 0 Å². The topological polar surface area (TPSA) is 152 Å². The third-order valence-corrected chi connectivity index (χ3v) is 6.91. The molecule has 1 unspecified atom stereocenters. The van der Waals surface area contributed by atoms with Crippen molar-refractivity contribution in [1.82, 2.24) is 4.98 Å². The Kier molecular flexibility index (Phi) is 6.44. The van der Waals surface area contributed by atoms with Crippen LogP contribution < -0.4 is 21.4 Å². The largest absolute Gasteiger partial charge is 0.506 e. The molecular weight excluding hydrogens is 478 g/mol. The molecule has 190 valence electrons. The van der Waals surface area contributed by atoms with Crippen molar-refractivity contribution in [3.63, 3.8) is 0 Å². The van der Waals surface area contributed by atoms with Crippen LogP contribution in [0.25, 0.3) is 22.1 Å². The summed E-state index contributed by atoms with van der Waals surface area (Å²) in [7, 11) is -4.59. The lowest BCUT2D eigenvalue weighted by atomic mass is 9.96. The van der Waals surface area contributed by atoms with Gasteiger partial charge in [0.05, 0.1) is 11.4 Å². The molecule has 7 N–H and O–H groups in total. The summed E-state index contributed by atoms with van der Waals surface area (Å²) in [6.07, 6.45) is 0.952. The minimum Gasteiger partial charge on any atom is -0.506 e. The third-order valence-electron chi connectivity index (χ3n) is 6.02. The van der Waals surface area contributed by atoms with Crippen LogP contribution in [0.4, 0.5) is 22.7 Å². The Hall–Kier alpha value is -3.63. The van der Waals surface area contributed by atoms with Crippen LogP contribution in [0.1, 0.15) is 52.5 Å². The molecule has 36 heavy (non-hydrogen) atoms. The van der Waals surface area contributed by atoms with Gasteiger partial charge in [0.15, 0.2) is 0 Å². The Bertz CT molecular complexity index is 1580. The maximum absolute atomic E-state index is 12.1. The molecular formula is C26H32N5O4S+. The molecule has 0 aliphatic carbocycles. The van der Waals surface area contributed by atoms with Crippen LogP contribution in [0.3, 0.4) is 0 Å². The zero-order valence-electron chi connectivity index (χ0n) is 21.0. The van der Waals surface area contributed by atoms with E-state index in [0.717, 1.165) is 34.2 Å². The van der Waals surface area contributed by atoms with Crippen molar-refractivity contribution in [2.24, 2.45) is 0 Å². The number of aromatic amines is 1. The number of hydrogen-bond acceptors (Lipinski definition) is 7. The first-order valence-corrected chi connectivity index (χ1v) is 13.1. The molecule has 1 aromatic heterocycles. The highest BCUT2D eigenvalue weighted by Gasteiger charge is 2.22. The summed E-state index contributed by atoms with van der Waals surface area (Å²) in [5.41, 5.74) is 11.3. The number of fused-ring (bicyclic) bond motifs is 2. The number of H-pyrrole nitrogens is 1. The summed E-state index contributed by atoms with van der Waals surface area (Å²) in [4.78, 5) is 7.77. The summed E-state index contributed by atoms with van der Waals surface area (Å²) in [6.45, 7) is 9.84. The van der Waals surface area contributed by atoms with E-state index in [1.807, 2.05) is 39.0 Å². The molecule has 4 aromatic rings. The van der Waals surface area contributed by atoms with Gasteiger partial charge in [0.2, 0.25) is 11.0 Å². The highest BCUT2D eigenvalue weighted by atomic mass is 32.2. The van der Waals surface area contributed by atoms with Gasteiger partial charge in [-0.3, -0.25) is 4.55 Å². The van der Waals surface area contributed by atoms with Gasteiger partial charge in [0, 0.05) is 35.1 Å². The van der Waals surface area contributed by atoms with Gasteiger partial charge < -0.3 is 21.5 Å². The minimum atomic E-state index is -4.59. The number of rotatable bonds is 6. The lowest BCUT2D eigenvalue weighted by Crippen LogP contribution is -2.26. The number of anilines is 4. The second-order valence-electron chi connectivity index (χ2n) is 10.1. The van der Waals surface area contributed by atoms with Gasteiger partial charge >= 0.3 is 0 Å². The number of nitrogens with two attached hydrogens (primary N) is 1. The third kappa shape index (κ3) is 5.29. The van der Waals surface area contributed by atoms with E-state index < -0.39 is 15.7 Å². The number of benzene rings is 3. The molecule has 0 aliphatic heterocycles.